The van der Waals surface area contributed by atoms with Crippen LogP contribution < -0.4 is 27.4 Å². The molecule has 142 valence electrons. The number of amidine groups is 1. The van der Waals surface area contributed by atoms with E-state index in [9.17, 15) is 4.39 Å². The van der Waals surface area contributed by atoms with E-state index in [-0.39, 0.29) is 18.1 Å². The molecule has 0 aromatic heterocycles. The second-order valence-electron chi connectivity index (χ2n) is 7.10. The molecule has 3 atom stereocenters. The largest absolute Gasteiger partial charge is 0.372 e. The van der Waals surface area contributed by atoms with Crippen molar-refractivity contribution in [1.29, 1.82) is 0 Å². The summed E-state index contributed by atoms with van der Waals surface area (Å²) in [6.07, 6.45) is 9.44. The fourth-order valence-corrected chi connectivity index (χ4v) is 3.43. The molecule has 1 aromatic carbocycles. The maximum Gasteiger partial charge on any atom is 0.127 e. The molecule has 3 aliphatic rings. The molecular formula is C20H25FN6. The Morgan fingerprint density at radius 3 is 2.85 bits per heavy atom. The Bertz CT molecular complexity index is 824. The molecule has 7 N–H and O–H groups in total. The van der Waals surface area contributed by atoms with Crippen LogP contribution in [0.15, 0.2) is 65.0 Å². The quantitative estimate of drug-likeness (QED) is 0.519. The van der Waals surface area contributed by atoms with Crippen LogP contribution in [0, 0.1) is 11.7 Å². The average Bonchev–Trinajstić information content (AvgIpc) is 3.52. The smallest absolute Gasteiger partial charge is 0.127 e. The van der Waals surface area contributed by atoms with Gasteiger partial charge in [-0.3, -0.25) is 5.32 Å². The van der Waals surface area contributed by atoms with Crippen molar-refractivity contribution < 1.29 is 4.39 Å². The molecule has 0 amide bonds. The second-order valence-corrected chi connectivity index (χ2v) is 7.10. The van der Waals surface area contributed by atoms with Crippen molar-refractivity contribution in [2.75, 3.05) is 0 Å². The first kappa shape index (κ1) is 17.9. The monoisotopic (exact) mass is 368 g/mol. The maximum absolute atomic E-state index is 13.9. The van der Waals surface area contributed by atoms with Crippen LogP contribution in [0.4, 0.5) is 4.39 Å². The Balaban J connectivity index is 1.44. The van der Waals surface area contributed by atoms with Gasteiger partial charge in [-0.25, -0.2) is 9.38 Å². The highest BCUT2D eigenvalue weighted by Crippen LogP contribution is 2.38. The van der Waals surface area contributed by atoms with Gasteiger partial charge in [-0.15, -0.1) is 0 Å². The van der Waals surface area contributed by atoms with Gasteiger partial charge in [0.25, 0.3) is 0 Å². The molecule has 1 aromatic rings. The van der Waals surface area contributed by atoms with Crippen molar-refractivity contribution >= 4 is 5.84 Å². The molecule has 1 saturated carbocycles. The highest BCUT2D eigenvalue weighted by molar-refractivity contribution is 5.92. The van der Waals surface area contributed by atoms with Crippen LogP contribution in [-0.4, -0.2) is 24.2 Å². The number of benzene rings is 1. The predicted octanol–water partition coefficient (Wildman–Crippen LogP) is 1.19. The van der Waals surface area contributed by atoms with Crippen LogP contribution in [0.1, 0.15) is 18.4 Å². The number of hydrogen-bond acceptors (Lipinski definition) is 6. The summed E-state index contributed by atoms with van der Waals surface area (Å²) in [4.78, 5) is 4.58. The van der Waals surface area contributed by atoms with E-state index in [1.54, 1.807) is 12.1 Å². The topological polar surface area (TPSA) is 100 Å². The minimum absolute atomic E-state index is 0.223. The standard InChI is InChI=1S/C20H25FN6/c21-16-6-2-1-4-13(16)10-25-19-14(5-3-9-24-19)17(22)20-26-11-15(12-7-8-12)18(23)27-20/h1-6,9,11-12,17-19,24-25H,7-8,10,22-23H2,(H,26,27). The molecule has 27 heavy (non-hydrogen) atoms. The summed E-state index contributed by atoms with van der Waals surface area (Å²) in [5.41, 5.74) is 15.4. The third-order valence-corrected chi connectivity index (χ3v) is 5.14. The van der Waals surface area contributed by atoms with E-state index >= 15 is 0 Å². The van der Waals surface area contributed by atoms with Gasteiger partial charge in [-0.1, -0.05) is 24.3 Å². The van der Waals surface area contributed by atoms with Crippen LogP contribution in [-0.2, 0) is 6.54 Å². The minimum Gasteiger partial charge on any atom is -0.372 e. The fraction of sp³-hybridized carbons (Fsp3) is 0.350. The van der Waals surface area contributed by atoms with Gasteiger partial charge in [0.1, 0.15) is 24.0 Å². The van der Waals surface area contributed by atoms with E-state index in [0.717, 1.165) is 11.1 Å². The summed E-state index contributed by atoms with van der Waals surface area (Å²) in [6, 6.07) is 6.28. The number of rotatable bonds is 6. The lowest BCUT2D eigenvalue weighted by molar-refractivity contribution is 0.495. The van der Waals surface area contributed by atoms with Crippen LogP contribution in [0.2, 0.25) is 0 Å². The van der Waals surface area contributed by atoms with E-state index in [1.807, 2.05) is 30.6 Å². The fourth-order valence-electron chi connectivity index (χ4n) is 3.43. The Kier molecular flexibility index (Phi) is 5.07. The Morgan fingerprint density at radius 2 is 2.11 bits per heavy atom. The number of hydrogen-bond donors (Lipinski definition) is 5. The molecule has 3 unspecified atom stereocenters. The van der Waals surface area contributed by atoms with Crippen molar-refractivity contribution in [2.24, 2.45) is 22.4 Å². The lowest BCUT2D eigenvalue weighted by Gasteiger charge is -2.31. The van der Waals surface area contributed by atoms with E-state index < -0.39 is 6.04 Å². The molecule has 2 heterocycles. The lowest BCUT2D eigenvalue weighted by atomic mass is 9.99. The van der Waals surface area contributed by atoms with Crippen LogP contribution in [0.5, 0.6) is 0 Å². The zero-order chi connectivity index (χ0) is 18.8. The highest BCUT2D eigenvalue weighted by Gasteiger charge is 2.33. The lowest BCUT2D eigenvalue weighted by Crippen LogP contribution is -2.52. The number of halogens is 1. The summed E-state index contributed by atoms with van der Waals surface area (Å²) in [5.74, 6) is 0.976. The number of aliphatic imine (C=N–C) groups is 1. The third kappa shape index (κ3) is 3.95. The zero-order valence-corrected chi connectivity index (χ0v) is 15.0. The van der Waals surface area contributed by atoms with Gasteiger partial charge in [0.15, 0.2) is 0 Å². The first-order valence-electron chi connectivity index (χ1n) is 9.28. The van der Waals surface area contributed by atoms with Gasteiger partial charge in [0, 0.05) is 18.3 Å². The van der Waals surface area contributed by atoms with Crippen molar-refractivity contribution in [3.8, 4) is 0 Å². The van der Waals surface area contributed by atoms with E-state index in [4.69, 9.17) is 11.5 Å². The normalized spacial score (nSPS) is 25.7. The summed E-state index contributed by atoms with van der Waals surface area (Å²) < 4.78 is 13.9. The van der Waals surface area contributed by atoms with Gasteiger partial charge in [-0.05, 0) is 48.2 Å². The number of nitrogens with one attached hydrogen (secondary N) is 3. The third-order valence-electron chi connectivity index (χ3n) is 5.14. The van der Waals surface area contributed by atoms with E-state index in [2.05, 4.69) is 20.9 Å². The van der Waals surface area contributed by atoms with Gasteiger partial charge >= 0.3 is 0 Å². The van der Waals surface area contributed by atoms with Crippen LogP contribution >= 0.6 is 0 Å². The Labute approximate surface area is 158 Å². The molecule has 0 saturated heterocycles. The molecule has 0 bridgehead atoms. The van der Waals surface area contributed by atoms with Crippen molar-refractivity contribution in [3.63, 3.8) is 0 Å². The van der Waals surface area contributed by atoms with Crippen molar-refractivity contribution in [2.45, 2.75) is 37.8 Å². The molecule has 1 fully saturated rings. The van der Waals surface area contributed by atoms with Crippen LogP contribution in [0.25, 0.3) is 0 Å². The summed E-state index contributed by atoms with van der Waals surface area (Å²) >= 11 is 0. The molecule has 4 rings (SSSR count). The van der Waals surface area contributed by atoms with E-state index in [0.29, 0.717) is 23.9 Å². The average molecular weight is 368 g/mol. The SMILES string of the molecule is NC1N=C(C(N)C2=CC=CNC2NCc2ccccc2F)NC=C1C1CC1. The Morgan fingerprint density at radius 1 is 1.30 bits per heavy atom. The second kappa shape index (κ2) is 7.64. The maximum atomic E-state index is 13.9. The first-order chi connectivity index (χ1) is 13.1. The predicted molar refractivity (Wildman–Crippen MR) is 105 cm³/mol. The number of dihydropyridines is 1. The first-order valence-corrected chi connectivity index (χ1v) is 9.28. The molecule has 7 heteroatoms. The van der Waals surface area contributed by atoms with Crippen LogP contribution in [0.3, 0.4) is 0 Å². The molecule has 1 aliphatic carbocycles. The molecule has 6 nitrogen and oxygen atoms in total. The van der Waals surface area contributed by atoms with Gasteiger partial charge in [0.2, 0.25) is 0 Å². The Hall–Kier alpha value is -2.48. The van der Waals surface area contributed by atoms with E-state index in [1.165, 1.54) is 18.9 Å². The van der Waals surface area contributed by atoms with Crippen molar-refractivity contribution in [1.82, 2.24) is 16.0 Å². The zero-order valence-electron chi connectivity index (χ0n) is 15.0. The van der Waals surface area contributed by atoms with Gasteiger partial charge < -0.3 is 22.1 Å². The summed E-state index contributed by atoms with van der Waals surface area (Å²) in [7, 11) is 0. The minimum atomic E-state index is -0.441. The molecule has 0 spiro atoms. The van der Waals surface area contributed by atoms with Gasteiger partial charge in [0.05, 0.1) is 6.04 Å². The summed E-state index contributed by atoms with van der Waals surface area (Å²) in [6.45, 7) is 0.382. The number of nitrogens with zero attached hydrogens (tertiary/aromatic N) is 1. The van der Waals surface area contributed by atoms with Crippen molar-refractivity contribution in [3.05, 3.63) is 71.3 Å². The number of nitrogens with two attached hydrogens (primary N) is 2. The van der Waals surface area contributed by atoms with Gasteiger partial charge in [-0.2, -0.15) is 0 Å². The number of allylic oxidation sites excluding steroid dienone is 2. The molecule has 0 radical (unpaired) electrons. The highest BCUT2D eigenvalue weighted by atomic mass is 19.1. The summed E-state index contributed by atoms with van der Waals surface area (Å²) in [5, 5.41) is 9.78. The molecule has 2 aliphatic heterocycles. The molecular weight excluding hydrogens is 343 g/mol.